The van der Waals surface area contributed by atoms with E-state index < -0.39 is 0 Å². The molecule has 29 heavy (non-hydrogen) atoms. The predicted octanol–water partition coefficient (Wildman–Crippen LogP) is 5.11. The van der Waals surface area contributed by atoms with Crippen LogP contribution in [0.4, 0.5) is 0 Å². The van der Waals surface area contributed by atoms with E-state index in [9.17, 15) is 4.79 Å². The zero-order valence-electron chi connectivity index (χ0n) is 17.9. The first-order chi connectivity index (χ1) is 13.8. The second-order valence-electron chi connectivity index (χ2n) is 10.9. The van der Waals surface area contributed by atoms with Crippen molar-refractivity contribution in [2.75, 3.05) is 7.05 Å². The first-order valence-electron chi connectivity index (χ1n) is 11.3. The normalized spacial score (nSPS) is 35.4. The predicted molar refractivity (Wildman–Crippen MR) is 119 cm³/mol. The van der Waals surface area contributed by atoms with Crippen molar-refractivity contribution < 1.29 is 4.79 Å². The maximum Gasteiger partial charge on any atom is 0.163 e. The molecule has 1 aromatic carbocycles. The van der Waals surface area contributed by atoms with Gasteiger partial charge in [-0.15, -0.1) is 0 Å². The minimum Gasteiger partial charge on any atom is -0.379 e. The number of allylic oxidation sites excluding steroid dienone is 1. The van der Waals surface area contributed by atoms with E-state index >= 15 is 0 Å². The molecule has 4 saturated carbocycles. The molecule has 1 aliphatic heterocycles. The molecule has 1 aromatic rings. The number of benzene rings is 1. The average molecular weight is 413 g/mol. The fourth-order valence-corrected chi connectivity index (χ4v) is 7.40. The van der Waals surface area contributed by atoms with Crippen LogP contribution in [0.2, 0.25) is 5.02 Å². The fraction of sp³-hybridized carbons (Fsp3) is 0.640. The molecule has 0 radical (unpaired) electrons. The van der Waals surface area contributed by atoms with Crippen molar-refractivity contribution in [1.29, 1.82) is 0 Å². The van der Waals surface area contributed by atoms with Gasteiger partial charge >= 0.3 is 0 Å². The highest BCUT2D eigenvalue weighted by molar-refractivity contribution is 6.31. The monoisotopic (exact) mass is 412 g/mol. The van der Waals surface area contributed by atoms with E-state index in [1.165, 1.54) is 24.8 Å². The van der Waals surface area contributed by atoms with Gasteiger partial charge in [-0.25, -0.2) is 0 Å². The molecule has 0 aromatic heterocycles. The van der Waals surface area contributed by atoms with Crippen LogP contribution in [0, 0.1) is 23.2 Å². The summed E-state index contributed by atoms with van der Waals surface area (Å²) < 4.78 is 0. The summed E-state index contributed by atoms with van der Waals surface area (Å²) in [5.74, 6) is 2.72. The van der Waals surface area contributed by atoms with Crippen LogP contribution in [0.1, 0.15) is 69.1 Å². The number of fused-ring (bicyclic) bond motifs is 1. The van der Waals surface area contributed by atoms with Crippen LogP contribution in [0.5, 0.6) is 0 Å². The molecular formula is C25H33ClN2O. The van der Waals surface area contributed by atoms with Crippen LogP contribution in [-0.2, 0) is 17.8 Å². The smallest absolute Gasteiger partial charge is 0.163 e. The Morgan fingerprint density at radius 3 is 2.38 bits per heavy atom. The van der Waals surface area contributed by atoms with Crippen LogP contribution in [0.15, 0.2) is 18.2 Å². The highest BCUT2D eigenvalue weighted by Gasteiger charge is 2.54. The Balaban J connectivity index is 1.53. The van der Waals surface area contributed by atoms with Crippen LogP contribution in [-0.4, -0.2) is 18.4 Å². The largest absolute Gasteiger partial charge is 0.379 e. The molecule has 1 heterocycles. The third-order valence-corrected chi connectivity index (χ3v) is 8.22. The third kappa shape index (κ3) is 3.45. The van der Waals surface area contributed by atoms with Crippen molar-refractivity contribution in [2.45, 2.75) is 70.9 Å². The van der Waals surface area contributed by atoms with E-state index in [-0.39, 0.29) is 11.0 Å². The molecule has 0 spiro atoms. The van der Waals surface area contributed by atoms with E-state index in [1.54, 1.807) is 0 Å². The number of rotatable bonds is 4. The number of ketones is 1. The van der Waals surface area contributed by atoms with Gasteiger partial charge in [-0.1, -0.05) is 11.6 Å². The Labute approximate surface area is 179 Å². The van der Waals surface area contributed by atoms with Gasteiger partial charge < -0.3 is 10.6 Å². The van der Waals surface area contributed by atoms with Gasteiger partial charge in [-0.05, 0) is 107 Å². The molecule has 0 atom stereocenters. The topological polar surface area (TPSA) is 41.1 Å². The van der Waals surface area contributed by atoms with E-state index in [0.717, 1.165) is 71.8 Å². The van der Waals surface area contributed by atoms with Gasteiger partial charge in [0, 0.05) is 39.9 Å². The van der Waals surface area contributed by atoms with Crippen LogP contribution in [0.25, 0.3) is 5.70 Å². The Morgan fingerprint density at radius 2 is 1.79 bits per heavy atom. The first kappa shape index (κ1) is 19.6. The second kappa shape index (κ2) is 6.85. The summed E-state index contributed by atoms with van der Waals surface area (Å²) >= 11 is 6.55. The van der Waals surface area contributed by atoms with Crippen molar-refractivity contribution in [1.82, 2.24) is 10.6 Å². The van der Waals surface area contributed by atoms with Gasteiger partial charge in [-0.2, -0.15) is 0 Å². The van der Waals surface area contributed by atoms with Crippen molar-refractivity contribution in [3.8, 4) is 0 Å². The molecule has 0 saturated heterocycles. The van der Waals surface area contributed by atoms with Gasteiger partial charge in [0.2, 0.25) is 0 Å². The number of hydrogen-bond acceptors (Lipinski definition) is 3. The molecule has 0 unspecified atom stereocenters. The van der Waals surface area contributed by atoms with E-state index in [4.69, 9.17) is 11.6 Å². The summed E-state index contributed by atoms with van der Waals surface area (Å²) in [4.78, 5) is 13.7. The van der Waals surface area contributed by atoms with Gasteiger partial charge in [0.15, 0.2) is 5.78 Å². The van der Waals surface area contributed by atoms with Crippen LogP contribution in [0.3, 0.4) is 0 Å². The molecule has 156 valence electrons. The highest BCUT2D eigenvalue weighted by Crippen LogP contribution is 2.60. The van der Waals surface area contributed by atoms with E-state index in [1.807, 2.05) is 13.1 Å². The lowest BCUT2D eigenvalue weighted by Gasteiger charge is -2.55. The lowest BCUT2D eigenvalue weighted by molar-refractivity contribution is -0.138. The van der Waals surface area contributed by atoms with Gasteiger partial charge in [-0.3, -0.25) is 4.79 Å². The SMILES string of the molecule is CNCc1cc2c(cc1Cl)CC(C)(C)N/C2=C\C(=O)C12CC3CC(CC(C3)C1)C2. The number of carbonyl (C=O) groups is 1. The Kier molecular flexibility index (Phi) is 4.64. The van der Waals surface area contributed by atoms with Gasteiger partial charge in [0.1, 0.15) is 0 Å². The lowest BCUT2D eigenvalue weighted by atomic mass is 9.48. The maximum atomic E-state index is 13.7. The molecule has 2 N–H and O–H groups in total. The Morgan fingerprint density at radius 1 is 1.17 bits per heavy atom. The summed E-state index contributed by atoms with van der Waals surface area (Å²) in [5, 5.41) is 7.69. The Hall–Kier alpha value is -1.32. The summed E-state index contributed by atoms with van der Waals surface area (Å²) in [6.07, 6.45) is 10.3. The molecule has 4 aliphatic carbocycles. The average Bonchev–Trinajstić information content (AvgIpc) is 2.61. The van der Waals surface area contributed by atoms with E-state index in [0.29, 0.717) is 5.78 Å². The molecule has 6 rings (SSSR count). The van der Waals surface area contributed by atoms with Gasteiger partial charge in [0.05, 0.1) is 0 Å². The molecular weight excluding hydrogens is 380 g/mol. The van der Waals surface area contributed by atoms with E-state index in [2.05, 4.69) is 36.6 Å². The van der Waals surface area contributed by atoms with Crippen molar-refractivity contribution in [3.63, 3.8) is 0 Å². The highest BCUT2D eigenvalue weighted by atomic mass is 35.5. The van der Waals surface area contributed by atoms with Crippen molar-refractivity contribution in [2.24, 2.45) is 23.2 Å². The fourth-order valence-electron chi connectivity index (χ4n) is 7.14. The molecule has 3 nitrogen and oxygen atoms in total. The van der Waals surface area contributed by atoms with Crippen LogP contribution < -0.4 is 10.6 Å². The first-order valence-corrected chi connectivity index (χ1v) is 11.7. The van der Waals surface area contributed by atoms with Gasteiger partial charge in [0.25, 0.3) is 0 Å². The Bertz CT molecular complexity index is 850. The van der Waals surface area contributed by atoms with Crippen molar-refractivity contribution in [3.05, 3.63) is 39.9 Å². The molecule has 5 aliphatic rings. The minimum atomic E-state index is -0.0919. The molecule has 0 amide bonds. The lowest BCUT2D eigenvalue weighted by Crippen LogP contribution is -2.50. The quantitative estimate of drug-likeness (QED) is 0.675. The number of halogens is 1. The summed E-state index contributed by atoms with van der Waals surface area (Å²) in [5.41, 5.74) is 4.29. The maximum absolute atomic E-state index is 13.7. The van der Waals surface area contributed by atoms with Crippen LogP contribution >= 0.6 is 11.6 Å². The van der Waals surface area contributed by atoms with Crippen molar-refractivity contribution >= 4 is 23.1 Å². The third-order valence-electron chi connectivity index (χ3n) is 7.87. The minimum absolute atomic E-state index is 0.0889. The molecule has 4 heteroatoms. The molecule has 4 bridgehead atoms. The number of carbonyl (C=O) groups excluding carboxylic acids is 1. The number of hydrogen-bond donors (Lipinski definition) is 2. The second-order valence-corrected chi connectivity index (χ2v) is 11.3. The summed E-state index contributed by atoms with van der Waals surface area (Å²) in [6.45, 7) is 5.13. The number of nitrogens with one attached hydrogen (secondary N) is 2. The molecule has 4 fully saturated rings. The zero-order chi connectivity index (χ0) is 20.4. The zero-order valence-corrected chi connectivity index (χ0v) is 18.7. The summed E-state index contributed by atoms with van der Waals surface area (Å²) in [7, 11) is 1.93. The summed E-state index contributed by atoms with van der Waals surface area (Å²) in [6, 6.07) is 4.28. The standard InChI is InChI=1S/C25H33ClN2O/c1-24(2)13-18-8-21(26)19(14-27-3)7-20(18)22(28-24)9-23(29)25-10-15-4-16(11-25)6-17(5-15)12-25/h7-9,15-17,27-28H,4-6,10-14H2,1-3H3/b22-9-.